The van der Waals surface area contributed by atoms with E-state index in [4.69, 9.17) is 0 Å². The SMILES string of the molecule is CC1CN(C(=O)CCCN2C(=O)CCc3ccccc32)CC1N(C)C. The highest BCUT2D eigenvalue weighted by molar-refractivity contribution is 5.96. The van der Waals surface area contributed by atoms with E-state index >= 15 is 0 Å². The third-order valence-electron chi connectivity index (χ3n) is 5.55. The third kappa shape index (κ3) is 3.87. The molecule has 2 amide bonds. The Labute approximate surface area is 150 Å². The van der Waals surface area contributed by atoms with Crippen molar-refractivity contribution in [2.24, 2.45) is 5.92 Å². The van der Waals surface area contributed by atoms with Gasteiger partial charge in [0.15, 0.2) is 0 Å². The monoisotopic (exact) mass is 343 g/mol. The highest BCUT2D eigenvalue weighted by atomic mass is 16.2. The maximum absolute atomic E-state index is 12.5. The second-order valence-corrected chi connectivity index (χ2v) is 7.58. The Morgan fingerprint density at radius 2 is 1.96 bits per heavy atom. The highest BCUT2D eigenvalue weighted by Gasteiger charge is 2.33. The number of fused-ring (bicyclic) bond motifs is 1. The molecule has 2 unspecified atom stereocenters. The van der Waals surface area contributed by atoms with Crippen molar-refractivity contribution in [2.45, 2.75) is 38.6 Å². The molecule has 136 valence electrons. The number of nitrogens with zero attached hydrogens (tertiary/aromatic N) is 3. The summed E-state index contributed by atoms with van der Waals surface area (Å²) in [5.41, 5.74) is 2.25. The number of benzene rings is 1. The molecule has 2 aliphatic rings. The van der Waals surface area contributed by atoms with E-state index in [9.17, 15) is 9.59 Å². The zero-order valence-electron chi connectivity index (χ0n) is 15.6. The molecule has 0 aliphatic carbocycles. The van der Waals surface area contributed by atoms with E-state index in [0.29, 0.717) is 31.3 Å². The zero-order chi connectivity index (χ0) is 18.0. The molecule has 1 fully saturated rings. The lowest BCUT2D eigenvalue weighted by Gasteiger charge is -2.29. The van der Waals surface area contributed by atoms with Crippen LogP contribution in [0.1, 0.15) is 31.7 Å². The zero-order valence-corrected chi connectivity index (χ0v) is 15.6. The molecule has 0 spiro atoms. The first-order valence-electron chi connectivity index (χ1n) is 9.30. The van der Waals surface area contributed by atoms with Crippen molar-refractivity contribution in [3.63, 3.8) is 0 Å². The predicted octanol–water partition coefficient (Wildman–Crippen LogP) is 2.15. The number of amides is 2. The summed E-state index contributed by atoms with van der Waals surface area (Å²) in [7, 11) is 4.16. The van der Waals surface area contributed by atoms with Crippen LogP contribution in [-0.2, 0) is 16.0 Å². The Morgan fingerprint density at radius 3 is 2.68 bits per heavy atom. The summed E-state index contributed by atoms with van der Waals surface area (Å²) in [6.07, 6.45) is 2.62. The van der Waals surface area contributed by atoms with E-state index in [2.05, 4.69) is 32.0 Å². The standard InChI is InChI=1S/C20H29N3O2/c1-15-13-22(14-18(15)21(2)3)19(24)9-6-12-23-17-8-5-4-7-16(17)10-11-20(23)25/h4-5,7-8,15,18H,6,9-14H2,1-3H3. The van der Waals surface area contributed by atoms with Crippen LogP contribution in [0.15, 0.2) is 24.3 Å². The quantitative estimate of drug-likeness (QED) is 0.823. The van der Waals surface area contributed by atoms with Crippen molar-refractivity contribution in [3.8, 4) is 0 Å². The van der Waals surface area contributed by atoms with Gasteiger partial charge in [-0.3, -0.25) is 9.59 Å². The van der Waals surface area contributed by atoms with E-state index in [1.807, 2.05) is 28.0 Å². The average molecular weight is 343 g/mol. The molecule has 5 heteroatoms. The number of hydrogen-bond acceptors (Lipinski definition) is 3. The highest BCUT2D eigenvalue weighted by Crippen LogP contribution is 2.28. The summed E-state index contributed by atoms with van der Waals surface area (Å²) >= 11 is 0. The van der Waals surface area contributed by atoms with E-state index in [1.165, 1.54) is 5.56 Å². The van der Waals surface area contributed by atoms with Gasteiger partial charge in [0.05, 0.1) is 0 Å². The van der Waals surface area contributed by atoms with Crippen LogP contribution >= 0.6 is 0 Å². The Hall–Kier alpha value is -1.88. The molecule has 0 radical (unpaired) electrons. The van der Waals surface area contributed by atoms with Crippen LogP contribution in [0.4, 0.5) is 5.69 Å². The van der Waals surface area contributed by atoms with Crippen molar-refractivity contribution < 1.29 is 9.59 Å². The fraction of sp³-hybridized carbons (Fsp3) is 0.600. The average Bonchev–Trinajstić information content (AvgIpc) is 2.99. The fourth-order valence-electron chi connectivity index (χ4n) is 4.11. The molecule has 5 nitrogen and oxygen atoms in total. The van der Waals surface area contributed by atoms with Crippen molar-refractivity contribution >= 4 is 17.5 Å². The molecule has 25 heavy (non-hydrogen) atoms. The first-order chi connectivity index (χ1) is 12.0. The van der Waals surface area contributed by atoms with Gasteiger partial charge in [-0.05, 0) is 44.5 Å². The second kappa shape index (κ2) is 7.56. The molecule has 2 atom stereocenters. The van der Waals surface area contributed by atoms with Crippen molar-refractivity contribution in [2.75, 3.05) is 38.6 Å². The number of likely N-dealkylation sites (N-methyl/N-ethyl adjacent to an activating group) is 1. The van der Waals surface area contributed by atoms with Gasteiger partial charge in [-0.25, -0.2) is 0 Å². The summed E-state index contributed by atoms with van der Waals surface area (Å²) in [5, 5.41) is 0. The van der Waals surface area contributed by atoms with E-state index < -0.39 is 0 Å². The van der Waals surface area contributed by atoms with Crippen LogP contribution in [0, 0.1) is 5.92 Å². The summed E-state index contributed by atoms with van der Waals surface area (Å²) in [4.78, 5) is 30.9. The van der Waals surface area contributed by atoms with Crippen LogP contribution in [0.25, 0.3) is 0 Å². The molecule has 1 aromatic carbocycles. The number of carbonyl (C=O) groups is 2. The minimum absolute atomic E-state index is 0.175. The topological polar surface area (TPSA) is 43.9 Å². The van der Waals surface area contributed by atoms with Crippen molar-refractivity contribution in [3.05, 3.63) is 29.8 Å². The summed E-state index contributed by atoms with van der Waals surface area (Å²) in [6, 6.07) is 8.54. The third-order valence-corrected chi connectivity index (χ3v) is 5.55. The summed E-state index contributed by atoms with van der Waals surface area (Å²) in [6.45, 7) is 4.50. The molecular weight excluding hydrogens is 314 g/mol. The van der Waals surface area contributed by atoms with Gasteiger partial charge in [0.1, 0.15) is 0 Å². The van der Waals surface area contributed by atoms with Crippen LogP contribution in [0.2, 0.25) is 0 Å². The lowest BCUT2D eigenvalue weighted by molar-refractivity contribution is -0.130. The van der Waals surface area contributed by atoms with E-state index in [1.54, 1.807) is 0 Å². The van der Waals surface area contributed by atoms with Gasteiger partial charge in [0.25, 0.3) is 0 Å². The van der Waals surface area contributed by atoms with Gasteiger partial charge in [0.2, 0.25) is 11.8 Å². The largest absolute Gasteiger partial charge is 0.341 e. The lowest BCUT2D eigenvalue weighted by atomic mass is 10.0. The van der Waals surface area contributed by atoms with Gasteiger partial charge in [0, 0.05) is 44.2 Å². The first kappa shape index (κ1) is 17.9. The van der Waals surface area contributed by atoms with Gasteiger partial charge < -0.3 is 14.7 Å². The lowest BCUT2D eigenvalue weighted by Crippen LogP contribution is -2.37. The fourth-order valence-corrected chi connectivity index (χ4v) is 4.11. The number of anilines is 1. The Bertz CT molecular complexity index is 644. The molecule has 0 bridgehead atoms. The van der Waals surface area contributed by atoms with Crippen LogP contribution < -0.4 is 4.90 Å². The van der Waals surface area contributed by atoms with E-state index in [0.717, 1.165) is 31.6 Å². The molecular formula is C20H29N3O2. The molecule has 0 N–H and O–H groups in total. The molecule has 3 rings (SSSR count). The van der Waals surface area contributed by atoms with Crippen LogP contribution in [0.3, 0.4) is 0 Å². The second-order valence-electron chi connectivity index (χ2n) is 7.58. The maximum Gasteiger partial charge on any atom is 0.227 e. The van der Waals surface area contributed by atoms with E-state index in [-0.39, 0.29) is 11.8 Å². The molecule has 0 aromatic heterocycles. The smallest absolute Gasteiger partial charge is 0.227 e. The minimum atomic E-state index is 0.175. The van der Waals surface area contributed by atoms with Gasteiger partial charge in [-0.15, -0.1) is 0 Å². The maximum atomic E-state index is 12.5. The van der Waals surface area contributed by atoms with Gasteiger partial charge in [-0.2, -0.15) is 0 Å². The Balaban J connectivity index is 1.53. The summed E-state index contributed by atoms with van der Waals surface area (Å²) in [5.74, 6) is 0.900. The number of aryl methyl sites for hydroxylation is 1. The van der Waals surface area contributed by atoms with Gasteiger partial charge in [-0.1, -0.05) is 25.1 Å². The number of para-hydroxylation sites is 1. The number of carbonyl (C=O) groups excluding carboxylic acids is 2. The molecule has 2 aliphatic heterocycles. The number of likely N-dealkylation sites (tertiary alicyclic amines) is 1. The van der Waals surface area contributed by atoms with Crippen molar-refractivity contribution in [1.29, 1.82) is 0 Å². The number of hydrogen-bond donors (Lipinski definition) is 0. The normalized spacial score (nSPS) is 23.3. The summed E-state index contributed by atoms with van der Waals surface area (Å²) < 4.78 is 0. The van der Waals surface area contributed by atoms with Gasteiger partial charge >= 0.3 is 0 Å². The Kier molecular flexibility index (Phi) is 5.42. The van der Waals surface area contributed by atoms with Crippen molar-refractivity contribution in [1.82, 2.24) is 9.80 Å². The Morgan fingerprint density at radius 1 is 1.20 bits per heavy atom. The van der Waals surface area contributed by atoms with Crippen LogP contribution in [-0.4, -0.2) is 61.4 Å². The molecule has 1 saturated heterocycles. The minimum Gasteiger partial charge on any atom is -0.341 e. The molecule has 0 saturated carbocycles. The molecule has 1 aromatic rings. The molecule has 2 heterocycles. The predicted molar refractivity (Wildman–Crippen MR) is 99.6 cm³/mol. The first-order valence-corrected chi connectivity index (χ1v) is 9.30. The van der Waals surface area contributed by atoms with Crippen LogP contribution in [0.5, 0.6) is 0 Å². The number of rotatable bonds is 5.